The van der Waals surface area contributed by atoms with Gasteiger partial charge in [0, 0.05) is 18.9 Å². The van der Waals surface area contributed by atoms with Gasteiger partial charge in [-0.1, -0.05) is 6.92 Å². The van der Waals surface area contributed by atoms with Crippen LogP contribution in [0.1, 0.15) is 19.8 Å². The van der Waals surface area contributed by atoms with Crippen LogP contribution in [0.2, 0.25) is 0 Å². The Kier molecular flexibility index (Phi) is 3.08. The van der Waals surface area contributed by atoms with E-state index < -0.39 is 5.97 Å². The van der Waals surface area contributed by atoms with Crippen LogP contribution >= 0.6 is 0 Å². The second kappa shape index (κ2) is 4.09. The number of hydrogen-bond acceptors (Lipinski definition) is 3. The number of amidine groups is 1. The fourth-order valence-corrected chi connectivity index (χ4v) is 1.22. The van der Waals surface area contributed by atoms with Crippen molar-refractivity contribution >= 4 is 11.8 Å². The van der Waals surface area contributed by atoms with Gasteiger partial charge in [0.25, 0.3) is 0 Å². The monoisotopic (exact) mass is 170 g/mol. The molecule has 0 saturated carbocycles. The molecule has 1 rings (SSSR count). The molecule has 1 atom stereocenters. The topological polar surface area (TPSA) is 61.7 Å². The molecule has 1 heterocycles. The Bertz CT molecular complexity index is 201. The highest BCUT2D eigenvalue weighted by atomic mass is 16.4. The summed E-state index contributed by atoms with van der Waals surface area (Å²) in [5, 5.41) is 11.6. The van der Waals surface area contributed by atoms with Gasteiger partial charge in [0.05, 0.1) is 12.4 Å². The van der Waals surface area contributed by atoms with E-state index in [0.717, 1.165) is 18.9 Å². The second-order valence-electron chi connectivity index (χ2n) is 3.03. The Labute approximate surface area is 71.7 Å². The summed E-state index contributed by atoms with van der Waals surface area (Å²) in [7, 11) is 0. The SMILES string of the molecule is CC(CCC(=O)O)C1=NCCN1. The molecule has 0 amide bonds. The first-order valence-electron chi connectivity index (χ1n) is 4.20. The largest absolute Gasteiger partial charge is 0.481 e. The molecule has 2 N–H and O–H groups in total. The van der Waals surface area contributed by atoms with Crippen LogP contribution in [-0.4, -0.2) is 30.0 Å². The van der Waals surface area contributed by atoms with Gasteiger partial charge in [-0.2, -0.15) is 0 Å². The molecule has 0 spiro atoms. The number of nitrogens with one attached hydrogen (secondary N) is 1. The average Bonchev–Trinajstić information content (AvgIpc) is 2.51. The third-order valence-corrected chi connectivity index (χ3v) is 1.96. The normalized spacial score (nSPS) is 18.2. The highest BCUT2D eigenvalue weighted by Gasteiger charge is 2.14. The van der Waals surface area contributed by atoms with Gasteiger partial charge < -0.3 is 10.4 Å². The lowest BCUT2D eigenvalue weighted by Crippen LogP contribution is -2.25. The molecule has 0 aliphatic carbocycles. The van der Waals surface area contributed by atoms with Gasteiger partial charge in [-0.25, -0.2) is 0 Å². The molecule has 0 aromatic rings. The van der Waals surface area contributed by atoms with Crippen LogP contribution in [0.5, 0.6) is 0 Å². The van der Waals surface area contributed by atoms with E-state index >= 15 is 0 Å². The Morgan fingerprint density at radius 2 is 2.58 bits per heavy atom. The number of rotatable bonds is 4. The van der Waals surface area contributed by atoms with E-state index in [9.17, 15) is 4.79 Å². The van der Waals surface area contributed by atoms with Gasteiger partial charge >= 0.3 is 5.97 Å². The Morgan fingerprint density at radius 1 is 1.83 bits per heavy atom. The fourth-order valence-electron chi connectivity index (χ4n) is 1.22. The van der Waals surface area contributed by atoms with Gasteiger partial charge in [-0.15, -0.1) is 0 Å². The van der Waals surface area contributed by atoms with Crippen molar-refractivity contribution in [1.82, 2.24) is 5.32 Å². The number of aliphatic carboxylic acids is 1. The first-order valence-corrected chi connectivity index (χ1v) is 4.20. The van der Waals surface area contributed by atoms with Crippen LogP contribution in [0.3, 0.4) is 0 Å². The number of hydrogen-bond donors (Lipinski definition) is 2. The van der Waals surface area contributed by atoms with Crippen molar-refractivity contribution in [3.63, 3.8) is 0 Å². The van der Waals surface area contributed by atoms with Gasteiger partial charge in [0.1, 0.15) is 0 Å². The van der Waals surface area contributed by atoms with Gasteiger partial charge in [0.15, 0.2) is 0 Å². The smallest absolute Gasteiger partial charge is 0.303 e. The maximum atomic E-state index is 10.3. The summed E-state index contributed by atoms with van der Waals surface area (Å²) in [5.41, 5.74) is 0. The molecule has 4 heteroatoms. The maximum absolute atomic E-state index is 10.3. The van der Waals surface area contributed by atoms with Gasteiger partial charge in [-0.3, -0.25) is 9.79 Å². The maximum Gasteiger partial charge on any atom is 0.303 e. The van der Waals surface area contributed by atoms with Crippen LogP contribution in [0.15, 0.2) is 4.99 Å². The van der Waals surface area contributed by atoms with E-state index in [1.807, 2.05) is 6.92 Å². The minimum Gasteiger partial charge on any atom is -0.481 e. The van der Waals surface area contributed by atoms with Gasteiger partial charge in [0.2, 0.25) is 0 Å². The van der Waals surface area contributed by atoms with E-state index in [1.54, 1.807) is 0 Å². The summed E-state index contributed by atoms with van der Waals surface area (Å²) in [6, 6.07) is 0. The highest BCUT2D eigenvalue weighted by molar-refractivity contribution is 5.85. The van der Waals surface area contributed by atoms with Crippen molar-refractivity contribution in [3.8, 4) is 0 Å². The molecule has 0 aromatic heterocycles. The zero-order valence-electron chi connectivity index (χ0n) is 7.21. The van der Waals surface area contributed by atoms with Crippen molar-refractivity contribution in [2.75, 3.05) is 13.1 Å². The molecular weight excluding hydrogens is 156 g/mol. The Hall–Kier alpha value is -1.06. The molecule has 0 fully saturated rings. The predicted octanol–water partition coefficient (Wildman–Crippen LogP) is 0.489. The molecule has 4 nitrogen and oxygen atoms in total. The van der Waals surface area contributed by atoms with Crippen LogP contribution in [0.25, 0.3) is 0 Å². The Morgan fingerprint density at radius 3 is 3.08 bits per heavy atom. The summed E-state index contributed by atoms with van der Waals surface area (Å²) in [5.74, 6) is 0.486. The zero-order valence-corrected chi connectivity index (χ0v) is 7.21. The number of aliphatic imine (C=N–C) groups is 1. The van der Waals surface area contributed by atoms with E-state index in [4.69, 9.17) is 5.11 Å². The molecular formula is C8H14N2O2. The van der Waals surface area contributed by atoms with Crippen molar-refractivity contribution in [2.45, 2.75) is 19.8 Å². The number of nitrogens with zero attached hydrogens (tertiary/aromatic N) is 1. The standard InChI is InChI=1S/C8H14N2O2/c1-6(2-3-7(11)12)8-9-4-5-10-8/h6H,2-5H2,1H3,(H,9,10)(H,11,12). The lowest BCUT2D eigenvalue weighted by molar-refractivity contribution is -0.137. The number of carboxylic acid groups (broad SMARTS) is 1. The van der Waals surface area contributed by atoms with Gasteiger partial charge in [-0.05, 0) is 6.42 Å². The molecule has 1 unspecified atom stereocenters. The average molecular weight is 170 g/mol. The predicted molar refractivity (Wildman–Crippen MR) is 46.3 cm³/mol. The summed E-state index contributed by atoms with van der Waals surface area (Å²) >= 11 is 0. The first-order chi connectivity index (χ1) is 5.70. The second-order valence-corrected chi connectivity index (χ2v) is 3.03. The van der Waals surface area contributed by atoms with E-state index in [1.165, 1.54) is 0 Å². The van der Waals surface area contributed by atoms with Crippen LogP contribution < -0.4 is 5.32 Å². The number of carbonyl (C=O) groups is 1. The van der Waals surface area contributed by atoms with E-state index in [2.05, 4.69) is 10.3 Å². The highest BCUT2D eigenvalue weighted by Crippen LogP contribution is 2.08. The summed E-state index contributed by atoms with van der Waals surface area (Å²) in [6.45, 7) is 3.72. The zero-order chi connectivity index (χ0) is 8.97. The molecule has 1 aliphatic heterocycles. The molecule has 0 aromatic carbocycles. The lowest BCUT2D eigenvalue weighted by Gasteiger charge is -2.09. The molecule has 0 saturated heterocycles. The Balaban J connectivity index is 2.27. The van der Waals surface area contributed by atoms with Crippen molar-refractivity contribution in [2.24, 2.45) is 10.9 Å². The van der Waals surface area contributed by atoms with Crippen LogP contribution in [0.4, 0.5) is 0 Å². The molecule has 68 valence electrons. The minimum atomic E-state index is -0.736. The third kappa shape index (κ3) is 2.53. The minimum absolute atomic E-state index is 0.224. The van der Waals surface area contributed by atoms with Crippen molar-refractivity contribution in [1.29, 1.82) is 0 Å². The number of carboxylic acids is 1. The summed E-state index contributed by atoms with van der Waals surface area (Å²) < 4.78 is 0. The summed E-state index contributed by atoms with van der Waals surface area (Å²) in [6.07, 6.45) is 0.892. The third-order valence-electron chi connectivity index (χ3n) is 1.96. The first kappa shape index (κ1) is 9.03. The van der Waals surface area contributed by atoms with Crippen molar-refractivity contribution in [3.05, 3.63) is 0 Å². The van der Waals surface area contributed by atoms with E-state index in [0.29, 0.717) is 6.42 Å². The molecule has 1 aliphatic rings. The fraction of sp³-hybridized carbons (Fsp3) is 0.750. The molecule has 0 bridgehead atoms. The van der Waals surface area contributed by atoms with Crippen LogP contribution in [0, 0.1) is 5.92 Å². The van der Waals surface area contributed by atoms with Crippen LogP contribution in [-0.2, 0) is 4.79 Å². The van der Waals surface area contributed by atoms with E-state index in [-0.39, 0.29) is 12.3 Å². The molecule has 0 radical (unpaired) electrons. The lowest BCUT2D eigenvalue weighted by atomic mass is 10.0. The molecule has 12 heavy (non-hydrogen) atoms. The van der Waals surface area contributed by atoms with Crippen molar-refractivity contribution < 1.29 is 9.90 Å². The summed E-state index contributed by atoms with van der Waals surface area (Å²) in [4.78, 5) is 14.5. The quantitative estimate of drug-likeness (QED) is 0.645.